The topological polar surface area (TPSA) is 17.0 Å². The van der Waals surface area contributed by atoms with Gasteiger partial charge in [0.1, 0.15) is 5.15 Å². The number of hydrogen-bond acceptors (Lipinski definition) is 1. The summed E-state index contributed by atoms with van der Waals surface area (Å²) in [5.74, 6) is 0.871. The van der Waals surface area contributed by atoms with Crippen LogP contribution >= 0.6 is 23.2 Å². The predicted molar refractivity (Wildman–Crippen MR) is 64.5 cm³/mol. The molecule has 2 nitrogen and oxygen atoms in total. The number of hydrogen-bond donors (Lipinski definition) is 1. The van der Waals surface area contributed by atoms with Crippen molar-refractivity contribution in [3.63, 3.8) is 0 Å². The summed E-state index contributed by atoms with van der Waals surface area (Å²) in [6.45, 7) is 3.07. The highest BCUT2D eigenvalue weighted by Gasteiger charge is 2.27. The Morgan fingerprint density at radius 2 is 2.20 bits per heavy atom. The second-order valence-corrected chi connectivity index (χ2v) is 5.11. The van der Waals surface area contributed by atoms with E-state index in [4.69, 9.17) is 23.2 Å². The number of nitrogens with one attached hydrogen (secondary N) is 1. The molecule has 0 aromatic carbocycles. The molecule has 1 atom stereocenters. The molecule has 0 spiro atoms. The smallest absolute Gasteiger partial charge is 0.127 e. The van der Waals surface area contributed by atoms with Crippen molar-refractivity contribution in [3.8, 4) is 0 Å². The van der Waals surface area contributed by atoms with Crippen molar-refractivity contribution in [2.45, 2.75) is 32.4 Å². The van der Waals surface area contributed by atoms with E-state index >= 15 is 0 Å². The van der Waals surface area contributed by atoms with Gasteiger partial charge in [-0.3, -0.25) is 0 Å². The molecule has 0 radical (unpaired) electrons. The lowest BCUT2D eigenvalue weighted by molar-refractivity contribution is 0.487. The van der Waals surface area contributed by atoms with E-state index in [1.165, 1.54) is 12.8 Å². The first-order valence-corrected chi connectivity index (χ1v) is 6.08. The van der Waals surface area contributed by atoms with Crippen LogP contribution in [0.1, 0.15) is 25.5 Å². The van der Waals surface area contributed by atoms with Gasteiger partial charge in [0.15, 0.2) is 0 Å². The SMILES string of the molecule is CC(NCc1cc(Cl)c(Cl)n1C)C1CC1. The third kappa shape index (κ3) is 2.49. The van der Waals surface area contributed by atoms with Gasteiger partial charge >= 0.3 is 0 Å². The van der Waals surface area contributed by atoms with Gasteiger partial charge in [0.05, 0.1) is 5.02 Å². The van der Waals surface area contributed by atoms with E-state index in [1.54, 1.807) is 0 Å². The van der Waals surface area contributed by atoms with E-state index in [-0.39, 0.29) is 0 Å². The van der Waals surface area contributed by atoms with Crippen molar-refractivity contribution < 1.29 is 0 Å². The maximum Gasteiger partial charge on any atom is 0.127 e. The first-order valence-electron chi connectivity index (χ1n) is 5.32. The predicted octanol–water partition coefficient (Wildman–Crippen LogP) is 3.22. The van der Waals surface area contributed by atoms with Gasteiger partial charge in [0.25, 0.3) is 0 Å². The summed E-state index contributed by atoms with van der Waals surface area (Å²) in [7, 11) is 1.94. The zero-order valence-electron chi connectivity index (χ0n) is 9.06. The van der Waals surface area contributed by atoms with Crippen LogP contribution in [0, 0.1) is 5.92 Å². The van der Waals surface area contributed by atoms with Gasteiger partial charge < -0.3 is 9.88 Å². The first-order chi connectivity index (χ1) is 7.09. The molecule has 1 fully saturated rings. The highest BCUT2D eigenvalue weighted by atomic mass is 35.5. The summed E-state index contributed by atoms with van der Waals surface area (Å²) in [4.78, 5) is 0. The average molecular weight is 247 g/mol. The number of nitrogens with zero attached hydrogens (tertiary/aromatic N) is 1. The van der Waals surface area contributed by atoms with Gasteiger partial charge in [-0.1, -0.05) is 23.2 Å². The summed E-state index contributed by atoms with van der Waals surface area (Å²) >= 11 is 11.9. The normalized spacial score (nSPS) is 18.1. The van der Waals surface area contributed by atoms with E-state index < -0.39 is 0 Å². The molecule has 1 heterocycles. The molecule has 4 heteroatoms. The summed E-state index contributed by atoms with van der Waals surface area (Å²) in [5, 5.41) is 4.76. The molecular formula is C11H16Cl2N2. The number of halogens is 2. The van der Waals surface area contributed by atoms with E-state index in [2.05, 4.69) is 12.2 Å². The zero-order valence-corrected chi connectivity index (χ0v) is 10.6. The van der Waals surface area contributed by atoms with Crippen molar-refractivity contribution in [1.82, 2.24) is 9.88 Å². The number of aromatic nitrogens is 1. The Kier molecular flexibility index (Phi) is 3.29. The van der Waals surface area contributed by atoms with Crippen LogP contribution in [0.15, 0.2) is 6.07 Å². The highest BCUT2D eigenvalue weighted by Crippen LogP contribution is 2.32. The molecule has 1 saturated carbocycles. The second kappa shape index (κ2) is 4.36. The third-order valence-corrected chi connectivity index (χ3v) is 3.99. The van der Waals surface area contributed by atoms with Crippen LogP contribution in [0.4, 0.5) is 0 Å². The molecule has 0 saturated heterocycles. The second-order valence-electron chi connectivity index (χ2n) is 4.34. The standard InChI is InChI=1S/C11H16Cl2N2/c1-7(8-3-4-8)14-6-9-5-10(12)11(13)15(9)2/h5,7-8,14H,3-4,6H2,1-2H3. The van der Waals surface area contributed by atoms with Gasteiger partial charge in [0.2, 0.25) is 0 Å². The number of rotatable bonds is 4. The van der Waals surface area contributed by atoms with Crippen molar-refractivity contribution in [2.75, 3.05) is 0 Å². The first kappa shape index (κ1) is 11.3. The molecule has 1 N–H and O–H groups in total. The minimum atomic E-state index is 0.595. The molecule has 0 aliphatic heterocycles. The van der Waals surface area contributed by atoms with Crippen LogP contribution in [-0.4, -0.2) is 10.6 Å². The molecule has 15 heavy (non-hydrogen) atoms. The lowest BCUT2D eigenvalue weighted by Gasteiger charge is -2.13. The van der Waals surface area contributed by atoms with Gasteiger partial charge in [-0.15, -0.1) is 0 Å². The molecule has 84 valence electrons. The Morgan fingerprint density at radius 3 is 2.67 bits per heavy atom. The molecule has 0 amide bonds. The van der Waals surface area contributed by atoms with Crippen LogP contribution in [0.2, 0.25) is 10.2 Å². The largest absolute Gasteiger partial charge is 0.336 e. The zero-order chi connectivity index (χ0) is 11.0. The molecule has 0 bridgehead atoms. The Balaban J connectivity index is 1.95. The van der Waals surface area contributed by atoms with Gasteiger partial charge in [-0.2, -0.15) is 0 Å². The fourth-order valence-corrected chi connectivity index (χ4v) is 2.20. The van der Waals surface area contributed by atoms with Crippen molar-refractivity contribution in [3.05, 3.63) is 21.9 Å². The van der Waals surface area contributed by atoms with Crippen molar-refractivity contribution >= 4 is 23.2 Å². The molecule has 1 aromatic heterocycles. The molecule has 1 aliphatic carbocycles. The Labute approximate surface area is 101 Å². The fraction of sp³-hybridized carbons (Fsp3) is 0.636. The molecule has 1 aliphatic rings. The summed E-state index contributed by atoms with van der Waals surface area (Å²) < 4.78 is 1.93. The highest BCUT2D eigenvalue weighted by molar-refractivity contribution is 6.41. The van der Waals surface area contributed by atoms with Gasteiger partial charge in [-0.25, -0.2) is 0 Å². The van der Waals surface area contributed by atoms with Crippen LogP contribution in [0.25, 0.3) is 0 Å². The van der Waals surface area contributed by atoms with E-state index in [0.717, 1.165) is 18.2 Å². The molecular weight excluding hydrogens is 231 g/mol. The van der Waals surface area contributed by atoms with Crippen LogP contribution in [0.5, 0.6) is 0 Å². The van der Waals surface area contributed by atoms with Crippen LogP contribution in [0.3, 0.4) is 0 Å². The van der Waals surface area contributed by atoms with Crippen molar-refractivity contribution in [1.29, 1.82) is 0 Å². The monoisotopic (exact) mass is 246 g/mol. The Hall–Kier alpha value is -0.180. The quantitative estimate of drug-likeness (QED) is 0.864. The third-order valence-electron chi connectivity index (χ3n) is 3.15. The lowest BCUT2D eigenvalue weighted by atomic mass is 10.2. The van der Waals surface area contributed by atoms with Gasteiger partial charge in [0, 0.05) is 25.3 Å². The summed E-state index contributed by atoms with van der Waals surface area (Å²) in [6.07, 6.45) is 2.73. The van der Waals surface area contributed by atoms with E-state index in [1.807, 2.05) is 17.7 Å². The minimum Gasteiger partial charge on any atom is -0.336 e. The summed E-state index contributed by atoms with van der Waals surface area (Å²) in [6, 6.07) is 2.52. The molecule has 1 aromatic rings. The van der Waals surface area contributed by atoms with Crippen LogP contribution < -0.4 is 5.32 Å². The van der Waals surface area contributed by atoms with E-state index in [9.17, 15) is 0 Å². The lowest BCUT2D eigenvalue weighted by Crippen LogP contribution is -2.28. The van der Waals surface area contributed by atoms with Crippen molar-refractivity contribution in [2.24, 2.45) is 13.0 Å². The molecule has 1 unspecified atom stereocenters. The Morgan fingerprint density at radius 1 is 1.53 bits per heavy atom. The summed E-state index contributed by atoms with van der Waals surface area (Å²) in [5.41, 5.74) is 1.14. The van der Waals surface area contributed by atoms with Gasteiger partial charge in [-0.05, 0) is 31.7 Å². The molecule has 2 rings (SSSR count). The average Bonchev–Trinajstić information content (AvgIpc) is 3.01. The van der Waals surface area contributed by atoms with E-state index in [0.29, 0.717) is 16.2 Å². The fourth-order valence-electron chi connectivity index (χ4n) is 1.79. The maximum absolute atomic E-state index is 5.99. The van der Waals surface area contributed by atoms with Crippen LogP contribution in [-0.2, 0) is 13.6 Å². The maximum atomic E-state index is 5.99. The Bertz CT molecular complexity index is 356. The minimum absolute atomic E-state index is 0.595.